The maximum Gasteiger partial charge on any atom is 0.236 e. The van der Waals surface area contributed by atoms with E-state index in [2.05, 4.69) is 31.0 Å². The number of benzene rings is 1. The van der Waals surface area contributed by atoms with Crippen molar-refractivity contribution in [2.45, 2.75) is 51.7 Å². The third kappa shape index (κ3) is 6.34. The summed E-state index contributed by atoms with van der Waals surface area (Å²) in [5.41, 5.74) is 1.82. The topological polar surface area (TPSA) is 115 Å². The molecule has 0 saturated carbocycles. The van der Waals surface area contributed by atoms with E-state index in [9.17, 15) is 9.59 Å². The summed E-state index contributed by atoms with van der Waals surface area (Å²) >= 11 is 2.64. The highest BCUT2D eigenvalue weighted by Crippen LogP contribution is 2.23. The van der Waals surface area contributed by atoms with Crippen LogP contribution in [0.1, 0.15) is 43.1 Å². The van der Waals surface area contributed by atoms with Crippen molar-refractivity contribution in [3.05, 3.63) is 40.7 Å². The molecule has 31 heavy (non-hydrogen) atoms. The van der Waals surface area contributed by atoms with E-state index in [4.69, 9.17) is 0 Å². The van der Waals surface area contributed by atoms with Gasteiger partial charge in [-0.05, 0) is 31.5 Å². The van der Waals surface area contributed by atoms with Gasteiger partial charge in [0.25, 0.3) is 0 Å². The van der Waals surface area contributed by atoms with Crippen LogP contribution in [0.2, 0.25) is 0 Å². The van der Waals surface area contributed by atoms with Crippen LogP contribution in [-0.2, 0) is 22.6 Å². The summed E-state index contributed by atoms with van der Waals surface area (Å²) in [7, 11) is 0. The zero-order chi connectivity index (χ0) is 22.4. The second kappa shape index (κ2) is 10.5. The molecule has 0 bridgehead atoms. The number of amides is 2. The molecule has 0 aliphatic heterocycles. The molecule has 0 aliphatic rings. The van der Waals surface area contributed by atoms with Gasteiger partial charge in [0.2, 0.25) is 16.9 Å². The summed E-state index contributed by atoms with van der Waals surface area (Å²) in [5.74, 6) is 0.619. The van der Waals surface area contributed by atoms with E-state index in [1.54, 1.807) is 0 Å². The largest absolute Gasteiger partial charge is 0.326 e. The Morgan fingerprint density at radius 1 is 1.13 bits per heavy atom. The fourth-order valence-corrected chi connectivity index (χ4v) is 4.33. The molecule has 11 heteroatoms. The lowest BCUT2D eigenvalue weighted by molar-refractivity contribution is -0.116. The van der Waals surface area contributed by atoms with E-state index in [0.29, 0.717) is 22.7 Å². The van der Waals surface area contributed by atoms with E-state index in [-0.39, 0.29) is 29.9 Å². The molecule has 3 aromatic rings. The van der Waals surface area contributed by atoms with Gasteiger partial charge in [-0.1, -0.05) is 49.1 Å². The Balaban J connectivity index is 1.56. The number of aromatic nitrogens is 5. The Bertz CT molecular complexity index is 1060. The minimum Gasteiger partial charge on any atom is -0.326 e. The number of aryl methyl sites for hydroxylation is 1. The molecule has 2 N–H and O–H groups in total. The molecule has 0 saturated heterocycles. The molecule has 2 heterocycles. The molecule has 0 spiro atoms. The molecule has 1 aromatic carbocycles. The van der Waals surface area contributed by atoms with Gasteiger partial charge in [-0.3, -0.25) is 14.9 Å². The first kappa shape index (κ1) is 22.9. The summed E-state index contributed by atoms with van der Waals surface area (Å²) in [4.78, 5) is 24.7. The Hall–Kier alpha value is -2.79. The quantitative estimate of drug-likeness (QED) is 0.471. The normalized spacial score (nSPS) is 11.0. The maximum atomic E-state index is 12.4. The zero-order valence-electron chi connectivity index (χ0n) is 17.9. The summed E-state index contributed by atoms with van der Waals surface area (Å²) in [6.07, 6.45) is 0.101. The first-order chi connectivity index (χ1) is 14.9. The molecule has 2 aromatic heterocycles. The molecule has 9 nitrogen and oxygen atoms in total. The highest BCUT2D eigenvalue weighted by molar-refractivity contribution is 7.99. The van der Waals surface area contributed by atoms with E-state index in [1.165, 1.54) is 23.1 Å². The Labute approximate surface area is 189 Å². The Kier molecular flexibility index (Phi) is 7.75. The van der Waals surface area contributed by atoms with Crippen LogP contribution >= 0.6 is 23.1 Å². The molecular formula is C20H25N7O2S2. The number of anilines is 2. The number of thioether (sulfide) groups is 1. The lowest BCUT2D eigenvalue weighted by Crippen LogP contribution is -2.18. The Morgan fingerprint density at radius 3 is 2.61 bits per heavy atom. The minimum absolute atomic E-state index is 0.101. The average Bonchev–Trinajstić information content (AvgIpc) is 3.33. The number of carbonyl (C=O) groups excluding carboxylic acids is 2. The second-order valence-electron chi connectivity index (χ2n) is 7.17. The fraction of sp³-hybridized carbons (Fsp3) is 0.400. The van der Waals surface area contributed by atoms with Crippen LogP contribution < -0.4 is 10.6 Å². The van der Waals surface area contributed by atoms with E-state index in [1.807, 2.05) is 56.5 Å². The molecule has 164 valence electrons. The molecule has 0 radical (unpaired) electrons. The summed E-state index contributed by atoms with van der Waals surface area (Å²) in [5, 5.41) is 24.0. The molecule has 0 fully saturated rings. The third-order valence-electron chi connectivity index (χ3n) is 4.24. The van der Waals surface area contributed by atoms with Crippen LogP contribution in [0.3, 0.4) is 0 Å². The van der Waals surface area contributed by atoms with Crippen LogP contribution in [0.5, 0.6) is 0 Å². The van der Waals surface area contributed by atoms with Crippen LogP contribution in [0, 0.1) is 6.92 Å². The van der Waals surface area contributed by atoms with Crippen LogP contribution in [0.25, 0.3) is 0 Å². The monoisotopic (exact) mass is 459 g/mol. The predicted octanol–water partition coefficient (Wildman–Crippen LogP) is 3.49. The highest BCUT2D eigenvalue weighted by atomic mass is 32.2. The van der Waals surface area contributed by atoms with Gasteiger partial charge >= 0.3 is 0 Å². The van der Waals surface area contributed by atoms with Crippen molar-refractivity contribution in [1.82, 2.24) is 25.0 Å². The number of hydrogen-bond donors (Lipinski definition) is 2. The van der Waals surface area contributed by atoms with Crippen molar-refractivity contribution < 1.29 is 9.59 Å². The third-order valence-corrected chi connectivity index (χ3v) is 6.35. The Morgan fingerprint density at radius 2 is 1.94 bits per heavy atom. The molecule has 0 unspecified atom stereocenters. The van der Waals surface area contributed by atoms with Crippen molar-refractivity contribution in [1.29, 1.82) is 0 Å². The van der Waals surface area contributed by atoms with E-state index >= 15 is 0 Å². The van der Waals surface area contributed by atoms with Gasteiger partial charge in [0.15, 0.2) is 5.16 Å². The summed E-state index contributed by atoms with van der Waals surface area (Å²) in [6, 6.07) is 7.61. The van der Waals surface area contributed by atoms with Gasteiger partial charge in [-0.25, -0.2) is 0 Å². The smallest absolute Gasteiger partial charge is 0.236 e. The molecule has 0 atom stereocenters. The van der Waals surface area contributed by atoms with Gasteiger partial charge < -0.3 is 9.88 Å². The van der Waals surface area contributed by atoms with Crippen molar-refractivity contribution in [3.8, 4) is 0 Å². The lowest BCUT2D eigenvalue weighted by Gasteiger charge is -2.08. The SMILES string of the molecule is CCn1c(CC(=O)Nc2cccc(C)c2)nnc1SCC(=O)Nc1nnc(C(C)C)s1. The number of nitrogens with one attached hydrogen (secondary N) is 2. The van der Waals surface area contributed by atoms with E-state index < -0.39 is 0 Å². The fourth-order valence-electron chi connectivity index (χ4n) is 2.75. The van der Waals surface area contributed by atoms with Gasteiger partial charge in [0.1, 0.15) is 10.8 Å². The molecule has 2 amide bonds. The zero-order valence-corrected chi connectivity index (χ0v) is 19.5. The summed E-state index contributed by atoms with van der Waals surface area (Å²) < 4.78 is 1.84. The second-order valence-corrected chi connectivity index (χ2v) is 9.13. The van der Waals surface area contributed by atoms with Gasteiger partial charge in [-0.15, -0.1) is 20.4 Å². The van der Waals surface area contributed by atoms with Crippen molar-refractivity contribution >= 4 is 45.7 Å². The van der Waals surface area contributed by atoms with Crippen molar-refractivity contribution in [2.75, 3.05) is 16.4 Å². The van der Waals surface area contributed by atoms with Gasteiger partial charge in [0, 0.05) is 18.2 Å². The minimum atomic E-state index is -0.194. The van der Waals surface area contributed by atoms with Crippen LogP contribution in [0.15, 0.2) is 29.4 Å². The number of carbonyl (C=O) groups is 2. The van der Waals surface area contributed by atoms with Gasteiger partial charge in [-0.2, -0.15) is 0 Å². The standard InChI is InChI=1S/C20H25N7O2S2/c1-5-27-15(10-16(28)21-14-8-6-7-13(4)9-14)23-26-20(27)30-11-17(29)22-19-25-24-18(31-19)12(2)3/h6-9,12H,5,10-11H2,1-4H3,(H,21,28)(H,22,25,29). The average molecular weight is 460 g/mol. The number of rotatable bonds is 9. The summed E-state index contributed by atoms with van der Waals surface area (Å²) in [6.45, 7) is 8.57. The maximum absolute atomic E-state index is 12.4. The highest BCUT2D eigenvalue weighted by Gasteiger charge is 2.17. The van der Waals surface area contributed by atoms with Gasteiger partial charge in [0.05, 0.1) is 12.2 Å². The molecule has 0 aliphatic carbocycles. The molecule has 3 rings (SSSR count). The lowest BCUT2D eigenvalue weighted by atomic mass is 10.2. The first-order valence-electron chi connectivity index (χ1n) is 9.90. The number of nitrogens with zero attached hydrogens (tertiary/aromatic N) is 5. The van der Waals surface area contributed by atoms with Crippen LogP contribution in [0.4, 0.5) is 10.8 Å². The predicted molar refractivity (Wildman–Crippen MR) is 123 cm³/mol. The van der Waals surface area contributed by atoms with E-state index in [0.717, 1.165) is 16.3 Å². The first-order valence-corrected chi connectivity index (χ1v) is 11.7. The van der Waals surface area contributed by atoms with Crippen LogP contribution in [-0.4, -0.2) is 42.5 Å². The molecular weight excluding hydrogens is 434 g/mol. The van der Waals surface area contributed by atoms with Crippen molar-refractivity contribution in [2.24, 2.45) is 0 Å². The van der Waals surface area contributed by atoms with Crippen molar-refractivity contribution in [3.63, 3.8) is 0 Å². The number of hydrogen-bond acceptors (Lipinski definition) is 8.